The Hall–Kier alpha value is -3.29. The first kappa shape index (κ1) is 30.2. The highest BCUT2D eigenvalue weighted by molar-refractivity contribution is 6.06. The number of aromatic nitrogens is 1. The van der Waals surface area contributed by atoms with Crippen LogP contribution in [0.3, 0.4) is 0 Å². The number of rotatable bonds is 3. The van der Waals surface area contributed by atoms with Gasteiger partial charge in [-0.15, -0.1) is 0 Å². The van der Waals surface area contributed by atoms with Crippen molar-refractivity contribution in [3.05, 3.63) is 47.4 Å². The summed E-state index contributed by atoms with van der Waals surface area (Å²) in [5.41, 5.74) is 0.0926. The quantitative estimate of drug-likeness (QED) is 0.434. The molecule has 5 rings (SSSR count). The number of pyridine rings is 1. The Morgan fingerprint density at radius 2 is 1.83 bits per heavy atom. The van der Waals surface area contributed by atoms with E-state index in [1.54, 1.807) is 32.9 Å². The summed E-state index contributed by atoms with van der Waals surface area (Å²) in [5.74, 6) is -1.38. The summed E-state index contributed by atoms with van der Waals surface area (Å²) >= 11 is 0. The lowest BCUT2D eigenvalue weighted by atomic mass is 9.94. The summed E-state index contributed by atoms with van der Waals surface area (Å²) in [4.78, 5) is 36.1. The molecule has 3 aliphatic heterocycles. The van der Waals surface area contributed by atoms with E-state index in [2.05, 4.69) is 4.98 Å². The van der Waals surface area contributed by atoms with E-state index in [1.165, 1.54) is 33.0 Å². The second kappa shape index (κ2) is 11.8. The zero-order valence-electron chi connectivity index (χ0n) is 23.7. The molecule has 0 aliphatic carbocycles. The molecule has 3 aliphatic rings. The topological polar surface area (TPSA) is 84.4 Å². The van der Waals surface area contributed by atoms with Crippen molar-refractivity contribution in [2.24, 2.45) is 5.92 Å². The summed E-state index contributed by atoms with van der Waals surface area (Å²) in [5, 5.41) is 0. The summed E-state index contributed by atoms with van der Waals surface area (Å²) in [6, 6.07) is 6.04. The molecule has 4 heterocycles. The van der Waals surface area contributed by atoms with Gasteiger partial charge in [-0.1, -0.05) is 6.07 Å². The number of alkyl halides is 3. The average molecular weight is 595 g/mol. The highest BCUT2D eigenvalue weighted by Gasteiger charge is 2.40. The van der Waals surface area contributed by atoms with E-state index in [-0.39, 0.29) is 74.4 Å². The van der Waals surface area contributed by atoms with Crippen LogP contribution in [0, 0.1) is 11.7 Å². The van der Waals surface area contributed by atoms with Gasteiger partial charge in [-0.3, -0.25) is 9.69 Å². The minimum absolute atomic E-state index is 0.00413. The third-order valence-corrected chi connectivity index (χ3v) is 7.38. The maximum Gasteiger partial charge on any atom is 0.420 e. The molecule has 42 heavy (non-hydrogen) atoms. The van der Waals surface area contributed by atoms with Crippen molar-refractivity contribution in [2.45, 2.75) is 58.0 Å². The van der Waals surface area contributed by atoms with Gasteiger partial charge in [0.25, 0.3) is 0 Å². The highest BCUT2D eigenvalue weighted by atomic mass is 19.4. The Kier molecular flexibility index (Phi) is 8.46. The predicted molar refractivity (Wildman–Crippen MR) is 145 cm³/mol. The third-order valence-electron chi connectivity index (χ3n) is 7.38. The summed E-state index contributed by atoms with van der Waals surface area (Å²) in [7, 11) is 0. The van der Waals surface area contributed by atoms with Crippen molar-refractivity contribution < 1.29 is 41.4 Å². The Balaban J connectivity index is 1.57. The van der Waals surface area contributed by atoms with Crippen LogP contribution in [0.15, 0.2) is 30.5 Å². The van der Waals surface area contributed by atoms with Gasteiger partial charge in [0.2, 0.25) is 5.91 Å². The Morgan fingerprint density at radius 3 is 2.48 bits per heavy atom. The van der Waals surface area contributed by atoms with Gasteiger partial charge < -0.3 is 19.1 Å². The molecule has 2 amide bonds. The number of hydrogen-bond donors (Lipinski definition) is 0. The fourth-order valence-corrected chi connectivity index (χ4v) is 5.50. The zero-order chi connectivity index (χ0) is 30.2. The predicted octanol–water partition coefficient (Wildman–Crippen LogP) is 5.50. The molecule has 2 saturated heterocycles. The molecule has 0 N–H and O–H groups in total. The first-order valence-corrected chi connectivity index (χ1v) is 13.9. The van der Waals surface area contributed by atoms with Gasteiger partial charge in [0.05, 0.1) is 44.3 Å². The molecule has 1 atom stereocenters. The fraction of sp³-hybridized carbons (Fsp3) is 0.552. The van der Waals surface area contributed by atoms with Gasteiger partial charge >= 0.3 is 12.3 Å². The number of piperidine rings is 1. The van der Waals surface area contributed by atoms with Crippen LogP contribution in [0.4, 0.5) is 39.5 Å². The second-order valence-corrected chi connectivity index (χ2v) is 11.7. The maximum atomic E-state index is 15.8. The van der Waals surface area contributed by atoms with Gasteiger partial charge in [0, 0.05) is 29.3 Å². The van der Waals surface area contributed by atoms with E-state index in [9.17, 15) is 22.8 Å². The number of carbonyl (C=O) groups excluding carboxylic acids is 2. The van der Waals surface area contributed by atoms with Gasteiger partial charge in [-0.05, 0) is 58.8 Å². The zero-order valence-corrected chi connectivity index (χ0v) is 23.7. The standard InChI is InChI=1S/C29H34F4N4O5/c1-28(2,3)42-27(39)37-23-14-21(30)20(24-16-40-11-12-41-24)13-22(23)36(15-19-5-4-8-34-25(19)37)26(38)18-6-9-35(10-7-18)17-29(31,32)33/h4-5,8,13-14,18,24H,6-7,9-12,15-17H2,1-3H3. The van der Waals surface area contributed by atoms with Gasteiger partial charge in [-0.2, -0.15) is 13.2 Å². The maximum absolute atomic E-state index is 15.8. The normalized spacial score (nSPS) is 20.5. The summed E-state index contributed by atoms with van der Waals surface area (Å²) in [6.45, 7) is 5.05. The number of benzene rings is 1. The van der Waals surface area contributed by atoms with E-state index in [1.807, 2.05) is 0 Å². The van der Waals surface area contributed by atoms with Crippen molar-refractivity contribution in [3.63, 3.8) is 0 Å². The largest absolute Gasteiger partial charge is 0.443 e. The number of ether oxygens (including phenoxy) is 3. The lowest BCUT2D eigenvalue weighted by molar-refractivity contribution is -0.149. The van der Waals surface area contributed by atoms with Crippen LogP contribution in [0.1, 0.15) is 50.8 Å². The number of amides is 2. The Labute approximate surface area is 241 Å². The molecule has 1 aromatic heterocycles. The van der Waals surface area contributed by atoms with E-state index < -0.39 is 42.3 Å². The number of halogens is 4. The monoisotopic (exact) mass is 594 g/mol. The molecular weight excluding hydrogens is 560 g/mol. The molecule has 2 fully saturated rings. The van der Waals surface area contributed by atoms with Crippen LogP contribution >= 0.6 is 0 Å². The molecule has 0 saturated carbocycles. The molecule has 1 unspecified atom stereocenters. The smallest absolute Gasteiger partial charge is 0.420 e. The second-order valence-electron chi connectivity index (χ2n) is 11.7. The van der Waals surface area contributed by atoms with Crippen LogP contribution in [0.5, 0.6) is 0 Å². The fourth-order valence-electron chi connectivity index (χ4n) is 5.50. The molecule has 9 nitrogen and oxygen atoms in total. The summed E-state index contributed by atoms with van der Waals surface area (Å²) < 4.78 is 71.5. The number of carbonyl (C=O) groups is 2. The van der Waals surface area contributed by atoms with Gasteiger partial charge in [0.1, 0.15) is 23.3 Å². The van der Waals surface area contributed by atoms with Crippen LogP contribution in [0.2, 0.25) is 0 Å². The first-order valence-electron chi connectivity index (χ1n) is 13.9. The van der Waals surface area contributed by atoms with Crippen LogP contribution < -0.4 is 9.80 Å². The van der Waals surface area contributed by atoms with Crippen molar-refractivity contribution in [1.82, 2.24) is 9.88 Å². The highest BCUT2D eigenvalue weighted by Crippen LogP contribution is 2.44. The van der Waals surface area contributed by atoms with Crippen LogP contribution in [-0.2, 0) is 25.5 Å². The molecule has 0 bridgehead atoms. The van der Waals surface area contributed by atoms with Crippen molar-refractivity contribution in [3.8, 4) is 0 Å². The SMILES string of the molecule is CC(C)(C)OC(=O)N1c2cc(F)c(C3COCCO3)cc2N(C(=O)C2CCN(CC(F)(F)F)CC2)Cc2cccnc21. The molecule has 0 radical (unpaired) electrons. The molecule has 228 valence electrons. The minimum Gasteiger partial charge on any atom is -0.443 e. The molecule has 0 spiro atoms. The van der Waals surface area contributed by atoms with Gasteiger partial charge in [-0.25, -0.2) is 19.1 Å². The molecule has 2 aromatic rings. The third kappa shape index (κ3) is 6.68. The number of likely N-dealkylation sites (tertiary alicyclic amines) is 1. The molecule has 1 aromatic carbocycles. The average Bonchev–Trinajstić information content (AvgIpc) is 3.05. The van der Waals surface area contributed by atoms with Crippen molar-refractivity contribution in [2.75, 3.05) is 49.3 Å². The lowest BCUT2D eigenvalue weighted by Crippen LogP contribution is -2.45. The van der Waals surface area contributed by atoms with Crippen LogP contribution in [-0.4, -0.2) is 73.1 Å². The van der Waals surface area contributed by atoms with Crippen LogP contribution in [0.25, 0.3) is 0 Å². The Morgan fingerprint density at radius 1 is 1.10 bits per heavy atom. The van der Waals surface area contributed by atoms with Crippen molar-refractivity contribution in [1.29, 1.82) is 0 Å². The van der Waals surface area contributed by atoms with E-state index in [0.717, 1.165) is 0 Å². The van der Waals surface area contributed by atoms with Crippen molar-refractivity contribution >= 4 is 29.2 Å². The summed E-state index contributed by atoms with van der Waals surface area (Å²) in [6.07, 6.45) is -3.92. The number of nitrogens with zero attached hydrogens (tertiary/aromatic N) is 4. The molecule has 13 heteroatoms. The lowest BCUT2D eigenvalue weighted by Gasteiger charge is -2.35. The number of anilines is 3. The molecular formula is C29H34F4N4O5. The number of hydrogen-bond acceptors (Lipinski definition) is 7. The number of fused-ring (bicyclic) bond motifs is 2. The first-order chi connectivity index (χ1) is 19.8. The minimum atomic E-state index is -4.33. The van der Waals surface area contributed by atoms with E-state index >= 15 is 4.39 Å². The Bertz CT molecular complexity index is 1320. The van der Waals surface area contributed by atoms with E-state index in [4.69, 9.17) is 14.2 Å². The van der Waals surface area contributed by atoms with E-state index in [0.29, 0.717) is 12.2 Å². The van der Waals surface area contributed by atoms with Gasteiger partial charge in [0.15, 0.2) is 0 Å².